The van der Waals surface area contributed by atoms with Crippen LogP contribution in [0.5, 0.6) is 0 Å². The molecule has 0 aliphatic rings. The first-order valence-corrected chi connectivity index (χ1v) is 10.4. The monoisotopic (exact) mass is 455 g/mol. The second kappa shape index (κ2) is 10.7. The Labute approximate surface area is 179 Å². The minimum absolute atomic E-state index is 0.507. The Morgan fingerprint density at radius 3 is 2.45 bits per heavy atom. The molecule has 0 aliphatic carbocycles. The van der Waals surface area contributed by atoms with Gasteiger partial charge in [-0.25, -0.2) is 9.97 Å². The molecule has 0 saturated carbocycles. The van der Waals surface area contributed by atoms with Crippen molar-refractivity contribution in [2.45, 2.75) is 26.3 Å². The van der Waals surface area contributed by atoms with E-state index in [0.717, 1.165) is 41.2 Å². The van der Waals surface area contributed by atoms with Crippen molar-refractivity contribution >= 4 is 44.9 Å². The maximum absolute atomic E-state index is 4.53. The van der Waals surface area contributed by atoms with Crippen LogP contribution in [0.3, 0.4) is 0 Å². The van der Waals surface area contributed by atoms with E-state index in [2.05, 4.69) is 66.0 Å². The zero-order valence-electron chi connectivity index (χ0n) is 16.6. The lowest BCUT2D eigenvalue weighted by Crippen LogP contribution is -2.25. The van der Waals surface area contributed by atoms with Crippen LogP contribution >= 0.6 is 15.9 Å². The third-order valence-electron chi connectivity index (χ3n) is 4.03. The molecule has 3 rings (SSSR count). The third kappa shape index (κ3) is 6.99. The predicted molar refractivity (Wildman–Crippen MR) is 123 cm³/mol. The zero-order chi connectivity index (χ0) is 20.5. The van der Waals surface area contributed by atoms with Gasteiger partial charge in [0, 0.05) is 36.4 Å². The van der Waals surface area contributed by atoms with Crippen molar-refractivity contribution in [3.8, 4) is 0 Å². The molecule has 0 fully saturated rings. The van der Waals surface area contributed by atoms with Crippen molar-refractivity contribution in [2.75, 3.05) is 29.0 Å². The number of nitrogens with zero attached hydrogens (tertiary/aromatic N) is 3. The number of anilines is 5. The molecular weight excluding hydrogens is 430 g/mol. The Morgan fingerprint density at radius 2 is 1.72 bits per heavy atom. The van der Waals surface area contributed by atoms with Crippen LogP contribution < -0.4 is 21.3 Å². The molecule has 0 saturated heterocycles. The standard InChI is InChI=1S/C21H26BrN7/c1-15(2)23-12-5-13-24-16-7-9-17(10-8-16)27-21-26-14-18(22)20(29-21)28-19-6-3-4-11-25-19/h3-4,6-11,14-15,23-24H,5,12-13H2,1-2H3,(H2,25,26,27,28,29). The third-order valence-corrected chi connectivity index (χ3v) is 4.61. The van der Waals surface area contributed by atoms with Crippen LogP contribution in [-0.4, -0.2) is 34.1 Å². The number of hydrogen-bond donors (Lipinski definition) is 4. The topological polar surface area (TPSA) is 86.8 Å². The highest BCUT2D eigenvalue weighted by Gasteiger charge is 2.07. The molecule has 7 nitrogen and oxygen atoms in total. The lowest BCUT2D eigenvalue weighted by molar-refractivity contribution is 0.578. The van der Waals surface area contributed by atoms with Crippen LogP contribution in [0.4, 0.5) is 29.0 Å². The molecule has 8 heteroatoms. The SMILES string of the molecule is CC(C)NCCCNc1ccc(Nc2ncc(Br)c(Nc3ccccn3)n2)cc1. The van der Waals surface area contributed by atoms with Gasteiger partial charge in [-0.1, -0.05) is 19.9 Å². The molecule has 0 atom stereocenters. The molecule has 152 valence electrons. The number of aromatic nitrogens is 3. The van der Waals surface area contributed by atoms with Gasteiger partial charge in [-0.15, -0.1) is 0 Å². The van der Waals surface area contributed by atoms with E-state index >= 15 is 0 Å². The molecule has 1 aromatic carbocycles. The van der Waals surface area contributed by atoms with Crippen LogP contribution in [0, 0.1) is 0 Å². The number of hydrogen-bond acceptors (Lipinski definition) is 7. The maximum atomic E-state index is 4.53. The summed E-state index contributed by atoms with van der Waals surface area (Å²) in [5, 5.41) is 13.3. The van der Waals surface area contributed by atoms with Crippen LogP contribution in [-0.2, 0) is 0 Å². The fraction of sp³-hybridized carbons (Fsp3) is 0.286. The van der Waals surface area contributed by atoms with E-state index in [9.17, 15) is 0 Å². The van der Waals surface area contributed by atoms with E-state index in [1.54, 1.807) is 12.4 Å². The van der Waals surface area contributed by atoms with Gasteiger partial charge in [-0.05, 0) is 65.3 Å². The average molecular weight is 456 g/mol. The molecule has 0 amide bonds. The van der Waals surface area contributed by atoms with Crippen molar-refractivity contribution in [1.82, 2.24) is 20.3 Å². The second-order valence-electron chi connectivity index (χ2n) is 6.82. The van der Waals surface area contributed by atoms with Gasteiger partial charge >= 0.3 is 0 Å². The molecule has 2 aromatic heterocycles. The molecule has 4 N–H and O–H groups in total. The summed E-state index contributed by atoms with van der Waals surface area (Å²) in [6.45, 7) is 6.27. The van der Waals surface area contributed by atoms with Crippen molar-refractivity contribution in [3.63, 3.8) is 0 Å². The molecule has 3 aromatic rings. The highest BCUT2D eigenvalue weighted by atomic mass is 79.9. The van der Waals surface area contributed by atoms with E-state index in [4.69, 9.17) is 0 Å². The Hall–Kier alpha value is -2.71. The zero-order valence-corrected chi connectivity index (χ0v) is 18.2. The van der Waals surface area contributed by atoms with E-state index in [-0.39, 0.29) is 0 Å². The molecule has 29 heavy (non-hydrogen) atoms. The van der Waals surface area contributed by atoms with Crippen molar-refractivity contribution < 1.29 is 0 Å². The molecule has 0 radical (unpaired) electrons. The molecule has 2 heterocycles. The molecular formula is C21H26BrN7. The smallest absolute Gasteiger partial charge is 0.229 e. The van der Waals surface area contributed by atoms with Gasteiger partial charge < -0.3 is 21.3 Å². The maximum Gasteiger partial charge on any atom is 0.229 e. The summed E-state index contributed by atoms with van der Waals surface area (Å²) in [4.78, 5) is 13.1. The molecule has 0 spiro atoms. The fourth-order valence-corrected chi connectivity index (χ4v) is 2.88. The quantitative estimate of drug-likeness (QED) is 0.322. The fourth-order valence-electron chi connectivity index (χ4n) is 2.59. The van der Waals surface area contributed by atoms with Gasteiger partial charge in [-0.3, -0.25) is 0 Å². The molecule has 0 unspecified atom stereocenters. The molecule has 0 bridgehead atoms. The minimum atomic E-state index is 0.507. The van der Waals surface area contributed by atoms with Crippen molar-refractivity contribution in [1.29, 1.82) is 0 Å². The largest absolute Gasteiger partial charge is 0.385 e. The highest BCUT2D eigenvalue weighted by molar-refractivity contribution is 9.10. The number of pyridine rings is 1. The van der Waals surface area contributed by atoms with Crippen LogP contribution in [0.1, 0.15) is 20.3 Å². The summed E-state index contributed by atoms with van der Waals surface area (Å²) in [7, 11) is 0. The first kappa shape index (κ1) is 21.0. The lowest BCUT2D eigenvalue weighted by atomic mass is 10.2. The van der Waals surface area contributed by atoms with E-state index in [0.29, 0.717) is 17.8 Å². The average Bonchev–Trinajstić information content (AvgIpc) is 2.72. The first-order chi connectivity index (χ1) is 14.1. The highest BCUT2D eigenvalue weighted by Crippen LogP contribution is 2.24. The van der Waals surface area contributed by atoms with Gasteiger partial charge in [0.1, 0.15) is 5.82 Å². The summed E-state index contributed by atoms with van der Waals surface area (Å²) >= 11 is 3.47. The Bertz CT molecular complexity index is 885. The number of nitrogens with one attached hydrogen (secondary N) is 4. The normalized spacial score (nSPS) is 10.8. The van der Waals surface area contributed by atoms with Crippen LogP contribution in [0.15, 0.2) is 59.3 Å². The van der Waals surface area contributed by atoms with Gasteiger partial charge in [0.25, 0.3) is 0 Å². The summed E-state index contributed by atoms with van der Waals surface area (Å²) in [5.74, 6) is 1.87. The van der Waals surface area contributed by atoms with Gasteiger partial charge in [0.15, 0.2) is 5.82 Å². The minimum Gasteiger partial charge on any atom is -0.385 e. The summed E-state index contributed by atoms with van der Waals surface area (Å²) in [6, 6.07) is 14.3. The van der Waals surface area contributed by atoms with E-state index in [1.165, 1.54) is 0 Å². The Morgan fingerprint density at radius 1 is 0.931 bits per heavy atom. The predicted octanol–water partition coefficient (Wildman–Crippen LogP) is 4.92. The van der Waals surface area contributed by atoms with Crippen LogP contribution in [0.2, 0.25) is 0 Å². The van der Waals surface area contributed by atoms with Gasteiger partial charge in [0.2, 0.25) is 5.95 Å². The van der Waals surface area contributed by atoms with Gasteiger partial charge in [0.05, 0.1) is 4.47 Å². The number of rotatable bonds is 10. The van der Waals surface area contributed by atoms with Crippen molar-refractivity contribution in [2.24, 2.45) is 0 Å². The summed E-state index contributed by atoms with van der Waals surface area (Å²) in [6.07, 6.45) is 4.52. The number of benzene rings is 1. The van der Waals surface area contributed by atoms with Gasteiger partial charge in [-0.2, -0.15) is 4.98 Å². The summed E-state index contributed by atoms with van der Waals surface area (Å²) in [5.41, 5.74) is 2.01. The molecule has 0 aliphatic heterocycles. The Kier molecular flexibility index (Phi) is 7.77. The summed E-state index contributed by atoms with van der Waals surface area (Å²) < 4.78 is 0.764. The lowest BCUT2D eigenvalue weighted by Gasteiger charge is -2.11. The second-order valence-corrected chi connectivity index (χ2v) is 7.68. The number of halogens is 1. The van der Waals surface area contributed by atoms with Crippen molar-refractivity contribution in [3.05, 3.63) is 59.3 Å². The van der Waals surface area contributed by atoms with E-state index in [1.807, 2.05) is 42.5 Å². The first-order valence-electron chi connectivity index (χ1n) is 9.65. The Balaban J connectivity index is 1.55. The van der Waals surface area contributed by atoms with Crippen LogP contribution in [0.25, 0.3) is 0 Å². The van der Waals surface area contributed by atoms with E-state index < -0.39 is 0 Å².